The van der Waals surface area contributed by atoms with Gasteiger partial charge in [-0.05, 0) is 23.8 Å². The maximum atomic E-state index is 12.5. The number of nitrogens with one attached hydrogen (secondary N) is 1. The number of hydrazone groups is 1. The van der Waals surface area contributed by atoms with Gasteiger partial charge in [-0.15, -0.1) is 0 Å². The number of benzene rings is 2. The molecule has 2 aromatic carbocycles. The van der Waals surface area contributed by atoms with Crippen LogP contribution in [0, 0.1) is 0 Å². The Morgan fingerprint density at radius 2 is 2.00 bits per heavy atom. The van der Waals surface area contributed by atoms with Gasteiger partial charge >= 0.3 is 0 Å². The first-order valence-corrected chi connectivity index (χ1v) is 10.8. The molecule has 0 fully saturated rings. The van der Waals surface area contributed by atoms with E-state index in [1.807, 2.05) is 30.3 Å². The highest BCUT2D eigenvalue weighted by Gasteiger charge is 2.34. The van der Waals surface area contributed by atoms with Crippen LogP contribution < -0.4 is 9.46 Å². The van der Waals surface area contributed by atoms with Crippen molar-refractivity contribution in [1.82, 2.24) is 5.01 Å². The molecule has 0 aromatic heterocycles. The Morgan fingerprint density at radius 1 is 1.25 bits per heavy atom. The maximum absolute atomic E-state index is 12.5. The molecule has 0 radical (unpaired) electrons. The number of hydrogen-bond donors (Lipinski definition) is 1. The minimum absolute atomic E-state index is 0.0867. The molecule has 0 saturated heterocycles. The van der Waals surface area contributed by atoms with Crippen LogP contribution in [0.4, 0.5) is 5.69 Å². The molecule has 28 heavy (non-hydrogen) atoms. The second-order valence-corrected chi connectivity index (χ2v) is 8.30. The molecule has 2 aromatic rings. The molecule has 3 rings (SSSR count). The molecular formula is C20H23N3O4S. The zero-order chi connectivity index (χ0) is 20.3. The third-order valence-electron chi connectivity index (χ3n) is 4.47. The minimum Gasteiger partial charge on any atom is -0.496 e. The molecular weight excluding hydrogens is 378 g/mol. The Kier molecular flexibility index (Phi) is 5.69. The average Bonchev–Trinajstić information content (AvgIpc) is 3.11. The zero-order valence-corrected chi connectivity index (χ0v) is 16.9. The highest BCUT2D eigenvalue weighted by atomic mass is 32.2. The fourth-order valence-corrected chi connectivity index (χ4v) is 3.79. The Bertz CT molecular complexity index is 1020. The Hall–Kier alpha value is -2.87. The Morgan fingerprint density at radius 3 is 2.68 bits per heavy atom. The molecule has 1 amide bonds. The summed E-state index contributed by atoms with van der Waals surface area (Å²) < 4.78 is 31.0. The highest BCUT2D eigenvalue weighted by molar-refractivity contribution is 7.92. The number of ether oxygens (including phenoxy) is 1. The molecule has 1 heterocycles. The van der Waals surface area contributed by atoms with Gasteiger partial charge in [0.2, 0.25) is 15.9 Å². The van der Waals surface area contributed by atoms with Crippen LogP contribution in [0.3, 0.4) is 0 Å². The van der Waals surface area contributed by atoms with Gasteiger partial charge in [-0.2, -0.15) is 5.10 Å². The molecule has 7 nitrogen and oxygen atoms in total. The van der Waals surface area contributed by atoms with Gasteiger partial charge in [0.05, 0.1) is 25.1 Å². The lowest BCUT2D eigenvalue weighted by molar-refractivity contribution is -0.132. The maximum Gasteiger partial charge on any atom is 0.242 e. The molecule has 1 aliphatic rings. The molecule has 0 saturated carbocycles. The summed E-state index contributed by atoms with van der Waals surface area (Å²) in [5.41, 5.74) is 2.82. The smallest absolute Gasteiger partial charge is 0.242 e. The van der Waals surface area contributed by atoms with Gasteiger partial charge in [0, 0.05) is 24.1 Å². The molecule has 0 spiro atoms. The molecule has 1 N–H and O–H groups in total. The van der Waals surface area contributed by atoms with Crippen molar-refractivity contribution in [1.29, 1.82) is 0 Å². The summed E-state index contributed by atoms with van der Waals surface area (Å²) in [5.74, 6) is 0.613. The van der Waals surface area contributed by atoms with Gasteiger partial charge in [-0.1, -0.05) is 37.3 Å². The number of amides is 1. The molecule has 0 unspecified atom stereocenters. The highest BCUT2D eigenvalue weighted by Crippen LogP contribution is 2.37. The van der Waals surface area contributed by atoms with Crippen molar-refractivity contribution in [2.45, 2.75) is 25.8 Å². The van der Waals surface area contributed by atoms with Crippen LogP contribution in [0.25, 0.3) is 0 Å². The number of para-hydroxylation sites is 1. The number of rotatable bonds is 6. The molecule has 0 aliphatic carbocycles. The third-order valence-corrected chi connectivity index (χ3v) is 5.07. The van der Waals surface area contributed by atoms with E-state index in [-0.39, 0.29) is 11.9 Å². The van der Waals surface area contributed by atoms with Gasteiger partial charge in [-0.3, -0.25) is 9.52 Å². The van der Waals surface area contributed by atoms with Gasteiger partial charge in [0.25, 0.3) is 0 Å². The van der Waals surface area contributed by atoms with Crippen molar-refractivity contribution in [2.24, 2.45) is 5.10 Å². The Labute approximate surface area is 165 Å². The van der Waals surface area contributed by atoms with E-state index in [4.69, 9.17) is 4.74 Å². The summed E-state index contributed by atoms with van der Waals surface area (Å²) in [6.07, 6.45) is 1.94. The first-order chi connectivity index (χ1) is 13.3. The van der Waals surface area contributed by atoms with Gasteiger partial charge < -0.3 is 4.74 Å². The van der Waals surface area contributed by atoms with Crippen LogP contribution in [0.15, 0.2) is 53.6 Å². The topological polar surface area (TPSA) is 88.1 Å². The Balaban J connectivity index is 1.97. The minimum atomic E-state index is -3.38. The van der Waals surface area contributed by atoms with Crippen molar-refractivity contribution < 1.29 is 17.9 Å². The van der Waals surface area contributed by atoms with Crippen LogP contribution in [-0.4, -0.2) is 38.4 Å². The van der Waals surface area contributed by atoms with E-state index in [1.54, 1.807) is 32.2 Å². The normalized spacial score (nSPS) is 16.6. The summed E-state index contributed by atoms with van der Waals surface area (Å²) in [7, 11) is -1.78. The van der Waals surface area contributed by atoms with E-state index < -0.39 is 10.0 Å². The van der Waals surface area contributed by atoms with Crippen molar-refractivity contribution in [3.63, 3.8) is 0 Å². The van der Waals surface area contributed by atoms with E-state index in [9.17, 15) is 13.2 Å². The SMILES string of the molecule is CCC(=O)N1N=C(c2cccc(NS(C)(=O)=O)c2)C[C@H]1c1ccccc1OC. The lowest BCUT2D eigenvalue weighted by Crippen LogP contribution is -2.26. The van der Waals surface area contributed by atoms with Crippen LogP contribution >= 0.6 is 0 Å². The summed E-state index contributed by atoms with van der Waals surface area (Å²) >= 11 is 0. The van der Waals surface area contributed by atoms with E-state index in [2.05, 4.69) is 9.82 Å². The predicted molar refractivity (Wildman–Crippen MR) is 109 cm³/mol. The zero-order valence-electron chi connectivity index (χ0n) is 16.0. The van der Waals surface area contributed by atoms with Crippen molar-refractivity contribution in [3.05, 3.63) is 59.7 Å². The first-order valence-electron chi connectivity index (χ1n) is 8.93. The predicted octanol–water partition coefficient (Wildman–Crippen LogP) is 3.15. The second kappa shape index (κ2) is 8.02. The fourth-order valence-electron chi connectivity index (χ4n) is 3.24. The van der Waals surface area contributed by atoms with Crippen LogP contribution in [0.5, 0.6) is 5.75 Å². The van der Waals surface area contributed by atoms with Crippen molar-refractivity contribution in [3.8, 4) is 5.75 Å². The fraction of sp³-hybridized carbons (Fsp3) is 0.300. The first kappa shape index (κ1) is 19.9. The number of carbonyl (C=O) groups is 1. The molecule has 1 atom stereocenters. The summed E-state index contributed by atoms with van der Waals surface area (Å²) in [6, 6.07) is 14.3. The lowest BCUT2D eigenvalue weighted by atomic mass is 9.97. The molecule has 1 aliphatic heterocycles. The third kappa shape index (κ3) is 4.33. The number of anilines is 1. The number of carbonyl (C=O) groups excluding carboxylic acids is 1. The van der Waals surface area contributed by atoms with Gasteiger partial charge in [0.15, 0.2) is 0 Å². The van der Waals surface area contributed by atoms with E-state index >= 15 is 0 Å². The van der Waals surface area contributed by atoms with Crippen LogP contribution in [0.2, 0.25) is 0 Å². The number of nitrogens with zero attached hydrogens (tertiary/aromatic N) is 2. The molecule has 148 valence electrons. The van der Waals surface area contributed by atoms with Crippen LogP contribution in [-0.2, 0) is 14.8 Å². The lowest BCUT2D eigenvalue weighted by Gasteiger charge is -2.23. The van der Waals surface area contributed by atoms with E-state index in [0.717, 1.165) is 23.1 Å². The number of methoxy groups -OCH3 is 1. The second-order valence-electron chi connectivity index (χ2n) is 6.56. The van der Waals surface area contributed by atoms with Gasteiger partial charge in [-0.25, -0.2) is 13.4 Å². The van der Waals surface area contributed by atoms with Crippen molar-refractivity contribution in [2.75, 3.05) is 18.1 Å². The summed E-state index contributed by atoms with van der Waals surface area (Å²) in [6.45, 7) is 1.80. The summed E-state index contributed by atoms with van der Waals surface area (Å²) in [4.78, 5) is 12.5. The largest absolute Gasteiger partial charge is 0.496 e. The quantitative estimate of drug-likeness (QED) is 0.805. The average molecular weight is 401 g/mol. The number of hydrogen-bond acceptors (Lipinski definition) is 5. The van der Waals surface area contributed by atoms with Gasteiger partial charge in [0.1, 0.15) is 5.75 Å². The standard InChI is InChI=1S/C20H23N3O4S/c1-4-20(24)23-18(16-10-5-6-11-19(16)27-2)13-17(21-23)14-8-7-9-15(12-14)22-28(3,25)26/h5-12,18,22H,4,13H2,1-3H3/t18-/m0/s1. The monoisotopic (exact) mass is 401 g/mol. The summed E-state index contributed by atoms with van der Waals surface area (Å²) in [5, 5.41) is 6.07. The van der Waals surface area contributed by atoms with E-state index in [0.29, 0.717) is 24.3 Å². The van der Waals surface area contributed by atoms with E-state index in [1.165, 1.54) is 5.01 Å². The number of sulfonamides is 1. The molecule has 0 bridgehead atoms. The van der Waals surface area contributed by atoms with Crippen molar-refractivity contribution >= 4 is 27.3 Å². The van der Waals surface area contributed by atoms with Crippen LogP contribution in [0.1, 0.15) is 36.9 Å². The molecule has 8 heteroatoms.